The van der Waals surface area contributed by atoms with Gasteiger partial charge in [0, 0.05) is 32.7 Å². The van der Waals surface area contributed by atoms with Crippen molar-refractivity contribution in [1.29, 1.82) is 0 Å². The van der Waals surface area contributed by atoms with Crippen LogP contribution >= 0.6 is 0 Å². The summed E-state index contributed by atoms with van der Waals surface area (Å²) in [5.74, 6) is 0.0750. The van der Waals surface area contributed by atoms with E-state index in [0.717, 1.165) is 12.8 Å². The van der Waals surface area contributed by atoms with E-state index in [1.54, 1.807) is 11.8 Å². The minimum absolute atomic E-state index is 0.0232. The van der Waals surface area contributed by atoms with Crippen molar-refractivity contribution in [2.24, 2.45) is 5.92 Å². The zero-order valence-electron chi connectivity index (χ0n) is 16.5. The number of nitrogens with one attached hydrogen (secondary N) is 1. The van der Waals surface area contributed by atoms with Crippen LogP contribution in [0.15, 0.2) is 6.07 Å². The summed E-state index contributed by atoms with van der Waals surface area (Å²) in [6.45, 7) is 4.52. The van der Waals surface area contributed by atoms with E-state index in [1.807, 2.05) is 4.90 Å². The zero-order chi connectivity index (χ0) is 20.5. The van der Waals surface area contributed by atoms with Gasteiger partial charge in [0.15, 0.2) is 0 Å². The number of halogens is 2. The van der Waals surface area contributed by atoms with E-state index in [9.17, 15) is 18.4 Å². The molecule has 4 heterocycles. The number of carbonyl (C=O) groups excluding carboxylic acids is 2. The van der Waals surface area contributed by atoms with Crippen molar-refractivity contribution in [3.05, 3.63) is 17.5 Å². The predicted molar refractivity (Wildman–Crippen MR) is 99.5 cm³/mol. The van der Waals surface area contributed by atoms with Gasteiger partial charge in [0.1, 0.15) is 12.3 Å². The smallest absolute Gasteiger partial charge is 0.320 e. The number of aryl methyl sites for hydroxylation is 1. The van der Waals surface area contributed by atoms with Gasteiger partial charge in [-0.25, -0.2) is 13.6 Å². The second kappa shape index (κ2) is 8.25. The first-order valence-electron chi connectivity index (χ1n) is 10.2. The number of fused-ring (bicyclic) bond motifs is 1. The van der Waals surface area contributed by atoms with Crippen molar-refractivity contribution in [3.63, 3.8) is 0 Å². The number of aromatic nitrogens is 2. The van der Waals surface area contributed by atoms with Crippen molar-refractivity contribution < 1.29 is 23.1 Å². The summed E-state index contributed by atoms with van der Waals surface area (Å²) in [5.41, 5.74) is 0.552. The minimum atomic E-state index is -2.54. The fourth-order valence-electron chi connectivity index (χ4n) is 4.51. The number of rotatable bonds is 3. The molecule has 8 nitrogen and oxygen atoms in total. The van der Waals surface area contributed by atoms with Gasteiger partial charge < -0.3 is 19.9 Å². The van der Waals surface area contributed by atoms with Crippen LogP contribution in [-0.2, 0) is 16.1 Å². The third-order valence-electron chi connectivity index (χ3n) is 6.07. The SMILES string of the molecule is Cc1cc(C(F)F)n(CC2CCN(C(=O)N3CC[C@@H]4OCC(=O)N[C@@H]4C3)CC2)n1. The highest BCUT2D eigenvalue weighted by Gasteiger charge is 2.38. The normalized spacial score (nSPS) is 25.9. The number of piperidine rings is 2. The van der Waals surface area contributed by atoms with Crippen LogP contribution in [-0.4, -0.2) is 76.5 Å². The van der Waals surface area contributed by atoms with Crippen molar-refractivity contribution in [2.75, 3.05) is 32.8 Å². The van der Waals surface area contributed by atoms with Gasteiger partial charge >= 0.3 is 6.03 Å². The monoisotopic (exact) mass is 411 g/mol. The summed E-state index contributed by atoms with van der Waals surface area (Å²) in [7, 11) is 0. The van der Waals surface area contributed by atoms with Crippen LogP contribution in [0.3, 0.4) is 0 Å². The first kappa shape index (κ1) is 20.1. The highest BCUT2D eigenvalue weighted by atomic mass is 19.3. The Labute approximate surface area is 168 Å². The van der Waals surface area contributed by atoms with Gasteiger partial charge in [-0.15, -0.1) is 0 Å². The molecular weight excluding hydrogens is 384 g/mol. The van der Waals surface area contributed by atoms with E-state index in [-0.39, 0.29) is 42.3 Å². The number of ether oxygens (including phenoxy) is 1. The molecule has 0 aliphatic carbocycles. The van der Waals surface area contributed by atoms with Crippen molar-refractivity contribution in [3.8, 4) is 0 Å². The summed E-state index contributed by atoms with van der Waals surface area (Å²) in [5, 5.41) is 7.11. The summed E-state index contributed by atoms with van der Waals surface area (Å²) in [4.78, 5) is 28.1. The van der Waals surface area contributed by atoms with Crippen molar-refractivity contribution >= 4 is 11.9 Å². The third-order valence-corrected chi connectivity index (χ3v) is 6.07. The standard InChI is InChI=1S/C19H27F2N5O3/c1-12-8-15(18(20)21)26(23-12)9-13-2-5-24(6-3-13)19(28)25-7-4-16-14(10-25)22-17(27)11-29-16/h8,13-14,16,18H,2-7,9-11H2,1H3,(H,22,27)/t14-,16+/m1/s1. The second-order valence-electron chi connectivity index (χ2n) is 8.16. The number of nitrogens with zero attached hydrogens (tertiary/aromatic N) is 4. The average Bonchev–Trinajstić information content (AvgIpc) is 3.08. The largest absolute Gasteiger partial charge is 0.366 e. The van der Waals surface area contributed by atoms with Gasteiger partial charge in [0.25, 0.3) is 6.43 Å². The maximum absolute atomic E-state index is 13.2. The first-order chi connectivity index (χ1) is 13.9. The van der Waals surface area contributed by atoms with E-state index in [4.69, 9.17) is 4.74 Å². The van der Waals surface area contributed by atoms with Gasteiger partial charge in [-0.3, -0.25) is 9.48 Å². The Morgan fingerprint density at radius 1 is 1.28 bits per heavy atom. The van der Waals surface area contributed by atoms with Crippen molar-refractivity contribution in [1.82, 2.24) is 24.9 Å². The number of morpholine rings is 1. The molecule has 10 heteroatoms. The summed E-state index contributed by atoms with van der Waals surface area (Å²) < 4.78 is 33.3. The molecule has 4 rings (SSSR count). The van der Waals surface area contributed by atoms with Gasteiger partial charge in [0.2, 0.25) is 5.91 Å². The van der Waals surface area contributed by atoms with E-state index in [1.165, 1.54) is 10.7 Å². The Balaban J connectivity index is 1.29. The molecule has 3 saturated heterocycles. The van der Waals surface area contributed by atoms with E-state index in [0.29, 0.717) is 44.8 Å². The van der Waals surface area contributed by atoms with Crippen molar-refractivity contribution in [2.45, 2.75) is 51.3 Å². The van der Waals surface area contributed by atoms with Gasteiger partial charge in [0.05, 0.1) is 17.8 Å². The quantitative estimate of drug-likeness (QED) is 0.819. The summed E-state index contributed by atoms with van der Waals surface area (Å²) >= 11 is 0. The molecule has 29 heavy (non-hydrogen) atoms. The first-order valence-corrected chi connectivity index (χ1v) is 10.2. The Kier molecular flexibility index (Phi) is 5.71. The molecule has 3 fully saturated rings. The lowest BCUT2D eigenvalue weighted by Gasteiger charge is -2.43. The van der Waals surface area contributed by atoms with Crippen LogP contribution in [0, 0.1) is 12.8 Å². The molecule has 1 N–H and O–H groups in total. The number of urea groups is 1. The lowest BCUT2D eigenvalue weighted by Crippen LogP contribution is -2.62. The molecule has 0 aromatic carbocycles. The molecule has 3 aliphatic heterocycles. The fraction of sp³-hybridized carbons (Fsp3) is 0.737. The molecule has 1 aromatic rings. The van der Waals surface area contributed by atoms with Gasteiger partial charge in [-0.1, -0.05) is 0 Å². The van der Waals surface area contributed by atoms with Crippen LogP contribution in [0.1, 0.15) is 37.1 Å². The van der Waals surface area contributed by atoms with E-state index in [2.05, 4.69) is 10.4 Å². The summed E-state index contributed by atoms with van der Waals surface area (Å²) in [6, 6.07) is 1.26. The fourth-order valence-corrected chi connectivity index (χ4v) is 4.51. The lowest BCUT2D eigenvalue weighted by molar-refractivity contribution is -0.139. The second-order valence-corrected chi connectivity index (χ2v) is 8.16. The molecule has 0 unspecified atom stereocenters. The molecule has 0 bridgehead atoms. The minimum Gasteiger partial charge on any atom is -0.366 e. The Morgan fingerprint density at radius 3 is 2.72 bits per heavy atom. The number of hydrogen-bond donors (Lipinski definition) is 1. The molecule has 0 radical (unpaired) electrons. The average molecular weight is 411 g/mol. The van der Waals surface area contributed by atoms with Crippen LogP contribution in [0.25, 0.3) is 0 Å². The molecule has 0 saturated carbocycles. The molecule has 2 atom stereocenters. The van der Waals surface area contributed by atoms with E-state index >= 15 is 0 Å². The van der Waals surface area contributed by atoms with E-state index < -0.39 is 6.43 Å². The van der Waals surface area contributed by atoms with Crippen LogP contribution < -0.4 is 5.32 Å². The molecule has 3 aliphatic rings. The van der Waals surface area contributed by atoms with Crippen LogP contribution in [0.5, 0.6) is 0 Å². The highest BCUT2D eigenvalue weighted by Crippen LogP contribution is 2.26. The molecule has 3 amide bonds. The number of amides is 3. The highest BCUT2D eigenvalue weighted by molar-refractivity contribution is 5.79. The van der Waals surface area contributed by atoms with Gasteiger partial charge in [-0.05, 0) is 38.2 Å². The Bertz CT molecular complexity index is 763. The molecular formula is C19H27F2N5O3. The molecule has 0 spiro atoms. The van der Waals surface area contributed by atoms with Crippen LogP contribution in [0.2, 0.25) is 0 Å². The lowest BCUT2D eigenvalue weighted by atomic mass is 9.96. The third kappa shape index (κ3) is 4.36. The molecule has 160 valence electrons. The maximum Gasteiger partial charge on any atom is 0.320 e. The topological polar surface area (TPSA) is 79.7 Å². The molecule has 1 aromatic heterocycles. The Hall–Kier alpha value is -2.23. The Morgan fingerprint density at radius 2 is 2.00 bits per heavy atom. The maximum atomic E-state index is 13.2. The van der Waals surface area contributed by atoms with Gasteiger partial charge in [-0.2, -0.15) is 5.10 Å². The number of alkyl halides is 2. The number of likely N-dealkylation sites (tertiary alicyclic amines) is 2. The predicted octanol–water partition coefficient (Wildman–Crippen LogP) is 1.55. The zero-order valence-corrected chi connectivity index (χ0v) is 16.5. The van der Waals surface area contributed by atoms with Crippen LogP contribution in [0.4, 0.5) is 13.6 Å². The summed E-state index contributed by atoms with van der Waals surface area (Å²) in [6.07, 6.45) is -0.336. The number of hydrogen-bond acceptors (Lipinski definition) is 4. The number of carbonyl (C=O) groups is 2.